The average Bonchev–Trinajstić information content (AvgIpc) is 3.34. The SMILES string of the molecule is COc1cc2c(cc1OC)C1=C3C(=O)N4C=Cc5cc(CO)c(CO)cc5C4=C3C(=O)N1C=C2. The van der Waals surface area contributed by atoms with Crippen molar-refractivity contribution in [3.63, 3.8) is 0 Å². The number of amides is 2. The van der Waals surface area contributed by atoms with Crippen molar-refractivity contribution in [1.82, 2.24) is 9.80 Å². The van der Waals surface area contributed by atoms with Crippen molar-refractivity contribution >= 4 is 35.4 Å². The zero-order valence-electron chi connectivity index (χ0n) is 18.5. The van der Waals surface area contributed by atoms with Gasteiger partial charge < -0.3 is 19.7 Å². The van der Waals surface area contributed by atoms with Crippen LogP contribution in [-0.4, -0.2) is 46.0 Å². The Labute approximate surface area is 194 Å². The highest BCUT2D eigenvalue weighted by Gasteiger charge is 2.50. The molecule has 2 aromatic rings. The minimum Gasteiger partial charge on any atom is -0.493 e. The number of methoxy groups -OCH3 is 2. The highest BCUT2D eigenvalue weighted by Crippen LogP contribution is 2.51. The van der Waals surface area contributed by atoms with Crippen LogP contribution in [0.1, 0.15) is 33.4 Å². The van der Waals surface area contributed by atoms with E-state index in [4.69, 9.17) is 9.47 Å². The number of hydrogen-bond donors (Lipinski definition) is 2. The van der Waals surface area contributed by atoms with Gasteiger partial charge in [-0.05, 0) is 58.7 Å². The Morgan fingerprint density at radius 3 is 1.71 bits per heavy atom. The average molecular weight is 456 g/mol. The second-order valence-electron chi connectivity index (χ2n) is 8.25. The molecule has 170 valence electrons. The fourth-order valence-electron chi connectivity index (χ4n) is 5.04. The molecule has 0 atom stereocenters. The first-order chi connectivity index (χ1) is 16.5. The summed E-state index contributed by atoms with van der Waals surface area (Å²) in [5.41, 5.74) is 5.71. The lowest BCUT2D eigenvalue weighted by Gasteiger charge is -2.27. The van der Waals surface area contributed by atoms with Gasteiger partial charge in [-0.1, -0.05) is 0 Å². The van der Waals surface area contributed by atoms with Crippen LogP contribution in [-0.2, 0) is 22.8 Å². The van der Waals surface area contributed by atoms with Gasteiger partial charge in [0.15, 0.2) is 11.5 Å². The fraction of sp³-hybridized carbons (Fsp3) is 0.154. The molecule has 0 bridgehead atoms. The highest BCUT2D eigenvalue weighted by atomic mass is 16.5. The van der Waals surface area contributed by atoms with Crippen LogP contribution < -0.4 is 9.47 Å². The Morgan fingerprint density at radius 1 is 0.706 bits per heavy atom. The van der Waals surface area contributed by atoms with Gasteiger partial charge in [0.1, 0.15) is 0 Å². The molecule has 6 rings (SSSR count). The Hall–Kier alpha value is -4.14. The maximum absolute atomic E-state index is 13.6. The summed E-state index contributed by atoms with van der Waals surface area (Å²) in [7, 11) is 3.09. The molecule has 0 radical (unpaired) electrons. The van der Waals surface area contributed by atoms with Crippen LogP contribution in [0.2, 0.25) is 0 Å². The van der Waals surface area contributed by atoms with Crippen LogP contribution in [0.25, 0.3) is 23.5 Å². The molecule has 2 aromatic carbocycles. The predicted octanol–water partition coefficient (Wildman–Crippen LogP) is 2.46. The van der Waals surface area contributed by atoms with E-state index in [-0.39, 0.29) is 25.0 Å². The number of nitrogens with zero attached hydrogens (tertiary/aromatic N) is 2. The zero-order chi connectivity index (χ0) is 23.7. The third-order valence-electron chi connectivity index (χ3n) is 6.66. The molecule has 8 heteroatoms. The number of rotatable bonds is 4. The van der Waals surface area contributed by atoms with Crippen LogP contribution in [0.15, 0.2) is 47.8 Å². The van der Waals surface area contributed by atoms with E-state index in [1.54, 1.807) is 49.9 Å². The monoisotopic (exact) mass is 456 g/mol. The van der Waals surface area contributed by atoms with Gasteiger partial charge in [-0.25, -0.2) is 0 Å². The molecule has 0 fully saturated rings. The molecule has 0 saturated heterocycles. The van der Waals surface area contributed by atoms with Gasteiger partial charge in [0.05, 0.1) is 50.0 Å². The first-order valence-electron chi connectivity index (χ1n) is 10.7. The van der Waals surface area contributed by atoms with Crippen molar-refractivity contribution < 1.29 is 29.3 Å². The Kier molecular flexibility index (Phi) is 4.32. The van der Waals surface area contributed by atoms with Gasteiger partial charge in [0.2, 0.25) is 0 Å². The van der Waals surface area contributed by atoms with Crippen LogP contribution in [0.3, 0.4) is 0 Å². The van der Waals surface area contributed by atoms with E-state index in [1.807, 2.05) is 6.07 Å². The summed E-state index contributed by atoms with van der Waals surface area (Å²) in [4.78, 5) is 30.2. The van der Waals surface area contributed by atoms with Crippen LogP contribution >= 0.6 is 0 Å². The molecule has 0 saturated carbocycles. The number of carbonyl (C=O) groups is 2. The van der Waals surface area contributed by atoms with E-state index in [0.717, 1.165) is 11.1 Å². The summed E-state index contributed by atoms with van der Waals surface area (Å²) in [6.07, 6.45) is 6.88. The lowest BCUT2D eigenvalue weighted by Crippen LogP contribution is -2.27. The number of fused-ring (bicyclic) bond motifs is 7. The third kappa shape index (κ3) is 2.49. The summed E-state index contributed by atoms with van der Waals surface area (Å²) in [5, 5.41) is 19.5. The number of aliphatic hydroxyl groups excluding tert-OH is 2. The minimum absolute atomic E-state index is 0.222. The molecular formula is C26H20N2O6. The maximum Gasteiger partial charge on any atom is 0.265 e. The minimum atomic E-state index is -0.300. The smallest absolute Gasteiger partial charge is 0.265 e. The quantitative estimate of drug-likeness (QED) is 0.734. The Bertz CT molecular complexity index is 1340. The van der Waals surface area contributed by atoms with Crippen LogP contribution in [0, 0.1) is 0 Å². The van der Waals surface area contributed by atoms with Gasteiger partial charge in [-0.3, -0.25) is 19.4 Å². The number of aliphatic hydroxyl groups is 2. The number of carbonyl (C=O) groups excluding carboxylic acids is 2. The Balaban J connectivity index is 1.63. The molecule has 8 nitrogen and oxygen atoms in total. The highest BCUT2D eigenvalue weighted by molar-refractivity contribution is 6.32. The van der Waals surface area contributed by atoms with Crippen molar-refractivity contribution in [3.8, 4) is 11.5 Å². The van der Waals surface area contributed by atoms with E-state index in [9.17, 15) is 19.8 Å². The molecule has 0 aliphatic carbocycles. The second kappa shape index (κ2) is 7.18. The van der Waals surface area contributed by atoms with Gasteiger partial charge in [-0.15, -0.1) is 0 Å². The number of ether oxygens (including phenoxy) is 2. The van der Waals surface area contributed by atoms with Gasteiger partial charge in [0, 0.05) is 23.5 Å². The molecule has 4 aliphatic rings. The predicted molar refractivity (Wildman–Crippen MR) is 123 cm³/mol. The molecule has 0 spiro atoms. The fourth-order valence-corrected chi connectivity index (χ4v) is 5.04. The van der Waals surface area contributed by atoms with E-state index in [2.05, 4.69) is 0 Å². The molecule has 0 unspecified atom stereocenters. The summed E-state index contributed by atoms with van der Waals surface area (Å²) in [5.74, 6) is 0.447. The van der Waals surface area contributed by atoms with E-state index in [1.165, 1.54) is 16.9 Å². The summed E-state index contributed by atoms with van der Waals surface area (Å²) in [6, 6.07) is 7.11. The van der Waals surface area contributed by atoms with Gasteiger partial charge in [0.25, 0.3) is 11.8 Å². The van der Waals surface area contributed by atoms with Gasteiger partial charge in [-0.2, -0.15) is 0 Å². The summed E-state index contributed by atoms with van der Waals surface area (Å²) in [6.45, 7) is -0.490. The first kappa shape index (κ1) is 20.5. The third-order valence-corrected chi connectivity index (χ3v) is 6.66. The lowest BCUT2D eigenvalue weighted by atomic mass is 9.93. The van der Waals surface area contributed by atoms with Crippen molar-refractivity contribution in [2.24, 2.45) is 0 Å². The molecule has 4 aliphatic heterocycles. The lowest BCUT2D eigenvalue weighted by molar-refractivity contribution is -0.122. The Morgan fingerprint density at radius 2 is 1.18 bits per heavy atom. The molecule has 2 amide bonds. The normalized spacial score (nSPS) is 17.2. The summed E-state index contributed by atoms with van der Waals surface area (Å²) >= 11 is 0. The number of benzene rings is 2. The van der Waals surface area contributed by atoms with Crippen molar-refractivity contribution in [2.75, 3.05) is 14.2 Å². The van der Waals surface area contributed by atoms with Crippen LogP contribution in [0.4, 0.5) is 0 Å². The van der Waals surface area contributed by atoms with Crippen molar-refractivity contribution in [3.05, 3.63) is 81.2 Å². The first-order valence-corrected chi connectivity index (χ1v) is 10.7. The molecular weight excluding hydrogens is 436 g/mol. The van der Waals surface area contributed by atoms with E-state index in [0.29, 0.717) is 56.3 Å². The standard InChI is InChI=1S/C26H20N2O6/c1-33-19-9-14-4-6-28-24(18(14)10-20(19)34-2)22-21(25(28)31)23-17-8-16(12-30)15(11-29)7-13(17)3-5-27(23)26(22)32/h3-10,29-30H,11-12H2,1-2H3. The van der Waals surface area contributed by atoms with Crippen molar-refractivity contribution in [2.45, 2.75) is 13.2 Å². The van der Waals surface area contributed by atoms with Gasteiger partial charge >= 0.3 is 0 Å². The topological polar surface area (TPSA) is 99.5 Å². The molecule has 2 N–H and O–H groups in total. The zero-order valence-corrected chi connectivity index (χ0v) is 18.5. The van der Waals surface area contributed by atoms with Crippen LogP contribution in [0.5, 0.6) is 11.5 Å². The second-order valence-corrected chi connectivity index (χ2v) is 8.25. The van der Waals surface area contributed by atoms with Crippen molar-refractivity contribution in [1.29, 1.82) is 0 Å². The molecule has 34 heavy (non-hydrogen) atoms. The van der Waals surface area contributed by atoms with E-state index >= 15 is 0 Å². The molecule has 0 aromatic heterocycles. The maximum atomic E-state index is 13.6. The largest absolute Gasteiger partial charge is 0.493 e. The van der Waals surface area contributed by atoms with E-state index < -0.39 is 0 Å². The number of hydrogen-bond acceptors (Lipinski definition) is 6. The molecule has 4 heterocycles. The summed E-state index contributed by atoms with van der Waals surface area (Å²) < 4.78 is 10.9.